The molecule has 0 aliphatic heterocycles. The minimum atomic E-state index is -0.190. The lowest BCUT2D eigenvalue weighted by Crippen LogP contribution is -2.18. The molecule has 3 N–H and O–H groups in total. The Bertz CT molecular complexity index is 419. The van der Waals surface area contributed by atoms with E-state index < -0.39 is 0 Å². The third kappa shape index (κ3) is 2.98. The molecule has 16 heavy (non-hydrogen) atoms. The highest BCUT2D eigenvalue weighted by Crippen LogP contribution is 2.10. The first kappa shape index (κ1) is 12.0. The van der Waals surface area contributed by atoms with Gasteiger partial charge in [-0.3, -0.25) is 4.79 Å². The molecule has 0 radical (unpaired) electrons. The van der Waals surface area contributed by atoms with Crippen LogP contribution in [0.25, 0.3) is 0 Å². The lowest BCUT2D eigenvalue weighted by Gasteiger charge is -2.08. The van der Waals surface area contributed by atoms with Crippen LogP contribution in [0.15, 0.2) is 53.8 Å². The molecule has 1 aromatic carbocycles. The number of carbonyl (C=O) groups excluding carboxylic acids is 1. The van der Waals surface area contributed by atoms with Crippen LogP contribution in [0.1, 0.15) is 13.8 Å². The topological polar surface area (TPSA) is 55.1 Å². The normalized spacial score (nSPS) is 12.4. The summed E-state index contributed by atoms with van der Waals surface area (Å²) in [6.45, 7) is 3.59. The lowest BCUT2D eigenvalue weighted by molar-refractivity contribution is -0.112. The third-order valence-corrected chi connectivity index (χ3v) is 2.19. The molecule has 0 aliphatic rings. The summed E-state index contributed by atoms with van der Waals surface area (Å²) in [5.41, 5.74) is 7.45. The number of anilines is 1. The molecule has 1 rings (SSSR count). The molecular formula is C13H16N2O. The summed E-state index contributed by atoms with van der Waals surface area (Å²) < 4.78 is 0. The zero-order valence-corrected chi connectivity index (χ0v) is 9.53. The smallest absolute Gasteiger partial charge is 0.257 e. The molecule has 0 aromatic heterocycles. The van der Waals surface area contributed by atoms with Crippen molar-refractivity contribution in [1.82, 2.24) is 0 Å². The van der Waals surface area contributed by atoms with Crippen molar-refractivity contribution in [2.24, 2.45) is 5.73 Å². The Morgan fingerprint density at radius 3 is 2.31 bits per heavy atom. The maximum atomic E-state index is 11.8. The largest absolute Gasteiger partial charge is 0.398 e. The molecule has 0 fully saturated rings. The molecule has 1 amide bonds. The monoisotopic (exact) mass is 216 g/mol. The maximum Gasteiger partial charge on any atom is 0.257 e. The van der Waals surface area contributed by atoms with E-state index in [1.807, 2.05) is 30.3 Å². The van der Waals surface area contributed by atoms with Crippen molar-refractivity contribution in [2.45, 2.75) is 13.8 Å². The van der Waals surface area contributed by atoms with Crippen molar-refractivity contribution in [3.8, 4) is 0 Å². The van der Waals surface area contributed by atoms with Crippen molar-refractivity contribution in [1.29, 1.82) is 0 Å². The molecule has 0 saturated heterocycles. The van der Waals surface area contributed by atoms with E-state index in [1.165, 1.54) is 0 Å². The number of hydrogen-bond acceptors (Lipinski definition) is 2. The van der Waals surface area contributed by atoms with Gasteiger partial charge in [0.1, 0.15) is 0 Å². The molecule has 3 heteroatoms. The van der Waals surface area contributed by atoms with E-state index in [4.69, 9.17) is 5.73 Å². The van der Waals surface area contributed by atoms with E-state index in [-0.39, 0.29) is 5.91 Å². The standard InChI is InChI=1S/C13H16N2O/c1-3-11(12(14)4-2)13(16)15-10-8-6-5-7-9-10/h3-9H,14H2,1-2H3,(H,15,16)/b11-3+,12-4+. The van der Waals surface area contributed by atoms with Crippen LogP contribution in [0, 0.1) is 0 Å². The lowest BCUT2D eigenvalue weighted by atomic mass is 10.1. The number of amides is 1. The van der Waals surface area contributed by atoms with Gasteiger partial charge in [-0.15, -0.1) is 0 Å². The van der Waals surface area contributed by atoms with E-state index in [9.17, 15) is 4.79 Å². The fraction of sp³-hybridized carbons (Fsp3) is 0.154. The fourth-order valence-electron chi connectivity index (χ4n) is 1.30. The Balaban J connectivity index is 2.80. The second-order valence-electron chi connectivity index (χ2n) is 3.27. The molecule has 0 spiro atoms. The average Bonchev–Trinajstić information content (AvgIpc) is 2.31. The molecule has 84 valence electrons. The van der Waals surface area contributed by atoms with Crippen LogP contribution in [-0.4, -0.2) is 5.91 Å². The number of carbonyl (C=O) groups is 1. The molecule has 1 aromatic rings. The number of benzene rings is 1. The van der Waals surface area contributed by atoms with Gasteiger partial charge in [0.05, 0.1) is 5.57 Å². The molecule has 0 saturated carbocycles. The zero-order valence-electron chi connectivity index (χ0n) is 9.53. The van der Waals surface area contributed by atoms with Crippen molar-refractivity contribution in [3.63, 3.8) is 0 Å². The first-order chi connectivity index (χ1) is 7.69. The second kappa shape index (κ2) is 5.75. The Morgan fingerprint density at radius 1 is 1.19 bits per heavy atom. The molecule has 0 unspecified atom stereocenters. The van der Waals surface area contributed by atoms with E-state index in [0.29, 0.717) is 11.3 Å². The molecule has 0 atom stereocenters. The van der Waals surface area contributed by atoms with Crippen molar-refractivity contribution < 1.29 is 4.79 Å². The molecule has 0 heterocycles. The van der Waals surface area contributed by atoms with Gasteiger partial charge in [-0.05, 0) is 26.0 Å². The predicted molar refractivity (Wildman–Crippen MR) is 66.8 cm³/mol. The van der Waals surface area contributed by atoms with Crippen LogP contribution in [0.5, 0.6) is 0 Å². The summed E-state index contributed by atoms with van der Waals surface area (Å²) in [4.78, 5) is 11.8. The Hall–Kier alpha value is -2.03. The Kier molecular flexibility index (Phi) is 4.33. The van der Waals surface area contributed by atoms with Crippen LogP contribution in [-0.2, 0) is 4.79 Å². The number of nitrogens with one attached hydrogen (secondary N) is 1. The van der Waals surface area contributed by atoms with E-state index >= 15 is 0 Å². The van der Waals surface area contributed by atoms with Gasteiger partial charge in [-0.25, -0.2) is 0 Å². The SMILES string of the molecule is C/C=C(N)\C(=C/C)C(=O)Nc1ccccc1. The van der Waals surface area contributed by atoms with Crippen LogP contribution >= 0.6 is 0 Å². The highest BCUT2D eigenvalue weighted by Gasteiger charge is 2.10. The average molecular weight is 216 g/mol. The van der Waals surface area contributed by atoms with Gasteiger partial charge < -0.3 is 11.1 Å². The zero-order chi connectivity index (χ0) is 12.0. The van der Waals surface area contributed by atoms with E-state index in [1.54, 1.807) is 26.0 Å². The summed E-state index contributed by atoms with van der Waals surface area (Å²) >= 11 is 0. The number of nitrogens with two attached hydrogens (primary N) is 1. The first-order valence-corrected chi connectivity index (χ1v) is 5.14. The van der Waals surface area contributed by atoms with Crippen LogP contribution in [0.4, 0.5) is 5.69 Å². The quantitative estimate of drug-likeness (QED) is 0.602. The maximum absolute atomic E-state index is 11.8. The number of allylic oxidation sites excluding steroid dienone is 2. The van der Waals surface area contributed by atoms with Crippen molar-refractivity contribution in [2.75, 3.05) is 5.32 Å². The first-order valence-electron chi connectivity index (χ1n) is 5.14. The van der Waals surface area contributed by atoms with Gasteiger partial charge in [-0.1, -0.05) is 30.4 Å². The van der Waals surface area contributed by atoms with Crippen molar-refractivity contribution >= 4 is 11.6 Å². The van der Waals surface area contributed by atoms with Gasteiger partial charge >= 0.3 is 0 Å². The summed E-state index contributed by atoms with van der Waals surface area (Å²) in [6, 6.07) is 9.29. The summed E-state index contributed by atoms with van der Waals surface area (Å²) in [6.07, 6.45) is 3.41. The minimum Gasteiger partial charge on any atom is -0.398 e. The van der Waals surface area contributed by atoms with Crippen LogP contribution in [0.3, 0.4) is 0 Å². The molecule has 3 nitrogen and oxygen atoms in total. The number of hydrogen-bond donors (Lipinski definition) is 2. The Labute approximate surface area is 95.7 Å². The Morgan fingerprint density at radius 2 is 1.81 bits per heavy atom. The summed E-state index contributed by atoms with van der Waals surface area (Å²) in [7, 11) is 0. The molecule has 0 bridgehead atoms. The number of para-hydroxylation sites is 1. The third-order valence-electron chi connectivity index (χ3n) is 2.19. The summed E-state index contributed by atoms with van der Waals surface area (Å²) in [5.74, 6) is -0.190. The van der Waals surface area contributed by atoms with Gasteiger partial charge in [-0.2, -0.15) is 0 Å². The fourth-order valence-corrected chi connectivity index (χ4v) is 1.30. The van der Waals surface area contributed by atoms with E-state index in [0.717, 1.165) is 5.69 Å². The molecule has 0 aliphatic carbocycles. The van der Waals surface area contributed by atoms with Gasteiger partial charge in [0.25, 0.3) is 5.91 Å². The second-order valence-corrected chi connectivity index (χ2v) is 3.27. The highest BCUT2D eigenvalue weighted by atomic mass is 16.1. The van der Waals surface area contributed by atoms with Crippen LogP contribution in [0.2, 0.25) is 0 Å². The van der Waals surface area contributed by atoms with Crippen LogP contribution < -0.4 is 11.1 Å². The number of rotatable bonds is 3. The van der Waals surface area contributed by atoms with E-state index in [2.05, 4.69) is 5.32 Å². The van der Waals surface area contributed by atoms with Crippen molar-refractivity contribution in [3.05, 3.63) is 53.8 Å². The summed E-state index contributed by atoms with van der Waals surface area (Å²) in [5, 5.41) is 2.78. The highest BCUT2D eigenvalue weighted by molar-refractivity contribution is 6.06. The van der Waals surface area contributed by atoms with Gasteiger partial charge in [0.15, 0.2) is 0 Å². The predicted octanol–water partition coefficient (Wildman–Crippen LogP) is 2.43. The van der Waals surface area contributed by atoms with Gasteiger partial charge in [0.2, 0.25) is 0 Å². The van der Waals surface area contributed by atoms with Gasteiger partial charge in [0, 0.05) is 11.4 Å². The minimum absolute atomic E-state index is 0.190. The molecular weight excluding hydrogens is 200 g/mol.